The molecule has 74 valence electrons. The summed E-state index contributed by atoms with van der Waals surface area (Å²) in [7, 11) is 3.94. The number of nitrogens with zero attached hydrogens (tertiary/aromatic N) is 1. The minimum atomic E-state index is -0.295. The van der Waals surface area contributed by atoms with Gasteiger partial charge in [0.2, 0.25) is 0 Å². The Labute approximate surface area is 75.0 Å². The summed E-state index contributed by atoms with van der Waals surface area (Å²) in [4.78, 5) is 2.04. The third-order valence-corrected chi connectivity index (χ3v) is 1.96. The van der Waals surface area contributed by atoms with Crippen LogP contribution in [0.3, 0.4) is 0 Å². The maximum Gasteiger partial charge on any atom is 0.0527 e. The first-order chi connectivity index (χ1) is 5.43. The van der Waals surface area contributed by atoms with Crippen LogP contribution in [0.25, 0.3) is 0 Å². The maximum atomic E-state index is 9.18. The van der Waals surface area contributed by atoms with E-state index in [-0.39, 0.29) is 18.2 Å². The summed E-state index contributed by atoms with van der Waals surface area (Å²) in [5.74, 6) is 0. The lowest BCUT2D eigenvalue weighted by molar-refractivity contribution is 0.0965. The van der Waals surface area contributed by atoms with Gasteiger partial charge in [-0.1, -0.05) is 0 Å². The summed E-state index contributed by atoms with van der Waals surface area (Å²) < 4.78 is 0. The monoisotopic (exact) mass is 175 g/mol. The second-order valence-corrected chi connectivity index (χ2v) is 3.79. The molecule has 2 N–H and O–H groups in total. The fraction of sp³-hybridized carbons (Fsp3) is 1.00. The molecule has 2 unspecified atom stereocenters. The summed E-state index contributed by atoms with van der Waals surface area (Å²) in [5, 5.41) is 18.4. The van der Waals surface area contributed by atoms with E-state index in [0.29, 0.717) is 0 Å². The van der Waals surface area contributed by atoms with Crippen molar-refractivity contribution >= 4 is 0 Å². The number of aliphatic hydroxyl groups is 2. The molecule has 0 amide bonds. The highest BCUT2D eigenvalue weighted by Gasteiger charge is 2.15. The molecule has 0 radical (unpaired) electrons. The van der Waals surface area contributed by atoms with Gasteiger partial charge in [0.15, 0.2) is 0 Å². The summed E-state index contributed by atoms with van der Waals surface area (Å²) >= 11 is 0. The summed E-state index contributed by atoms with van der Waals surface area (Å²) in [6.07, 6.45) is 0.850. The average Bonchev–Trinajstić information content (AvgIpc) is 1.83. The van der Waals surface area contributed by atoms with Crippen molar-refractivity contribution in [1.29, 1.82) is 0 Å². The molecule has 0 aromatic carbocycles. The van der Waals surface area contributed by atoms with Crippen LogP contribution in [0.5, 0.6) is 0 Å². The van der Waals surface area contributed by atoms with Gasteiger partial charge in [0.05, 0.1) is 12.2 Å². The predicted molar refractivity (Wildman–Crippen MR) is 50.1 cm³/mol. The molecule has 0 aliphatic rings. The van der Waals surface area contributed by atoms with E-state index < -0.39 is 0 Å². The average molecular weight is 175 g/mol. The van der Waals surface area contributed by atoms with E-state index in [2.05, 4.69) is 0 Å². The van der Waals surface area contributed by atoms with Crippen molar-refractivity contribution in [2.75, 3.05) is 14.1 Å². The van der Waals surface area contributed by atoms with Crippen LogP contribution in [0.4, 0.5) is 0 Å². The van der Waals surface area contributed by atoms with E-state index in [9.17, 15) is 10.2 Å². The quantitative estimate of drug-likeness (QED) is 0.638. The molecule has 0 fully saturated rings. The van der Waals surface area contributed by atoms with Gasteiger partial charge in [-0.05, 0) is 40.8 Å². The van der Waals surface area contributed by atoms with Gasteiger partial charge in [0, 0.05) is 6.04 Å². The van der Waals surface area contributed by atoms with Crippen molar-refractivity contribution in [3.8, 4) is 0 Å². The van der Waals surface area contributed by atoms with Crippen molar-refractivity contribution in [3.63, 3.8) is 0 Å². The molecule has 0 aliphatic carbocycles. The van der Waals surface area contributed by atoms with Gasteiger partial charge in [-0.3, -0.25) is 0 Å². The molecule has 0 bridgehead atoms. The van der Waals surface area contributed by atoms with Gasteiger partial charge in [0.1, 0.15) is 0 Å². The van der Waals surface area contributed by atoms with E-state index >= 15 is 0 Å². The highest BCUT2D eigenvalue weighted by Crippen LogP contribution is 2.10. The van der Waals surface area contributed by atoms with Gasteiger partial charge < -0.3 is 15.1 Å². The topological polar surface area (TPSA) is 43.7 Å². The molecule has 2 atom stereocenters. The second-order valence-electron chi connectivity index (χ2n) is 3.79. The zero-order valence-electron chi connectivity index (χ0n) is 8.49. The van der Waals surface area contributed by atoms with E-state index in [0.717, 1.165) is 12.8 Å². The van der Waals surface area contributed by atoms with Crippen LogP contribution >= 0.6 is 0 Å². The Kier molecular flexibility index (Phi) is 5.46. The molecular formula is C9H21NO2. The Hall–Kier alpha value is -0.120. The van der Waals surface area contributed by atoms with Crippen LogP contribution < -0.4 is 0 Å². The fourth-order valence-corrected chi connectivity index (χ4v) is 1.31. The SMILES string of the molecule is CC(O)CC(CC(C)O)N(C)C. The summed E-state index contributed by atoms with van der Waals surface area (Å²) in [5.41, 5.74) is 0. The Morgan fingerprint density at radius 2 is 1.33 bits per heavy atom. The Bertz CT molecular complexity index is 103. The van der Waals surface area contributed by atoms with Crippen LogP contribution in [-0.2, 0) is 0 Å². The minimum absolute atomic E-state index is 0.269. The number of hydrogen-bond donors (Lipinski definition) is 2. The van der Waals surface area contributed by atoms with Crippen molar-refractivity contribution in [2.45, 2.75) is 44.9 Å². The number of aliphatic hydroxyl groups excluding tert-OH is 2. The van der Waals surface area contributed by atoms with Gasteiger partial charge in [-0.2, -0.15) is 0 Å². The van der Waals surface area contributed by atoms with Crippen LogP contribution in [0.2, 0.25) is 0 Å². The summed E-state index contributed by atoms with van der Waals surface area (Å²) in [6, 6.07) is 0.269. The zero-order valence-corrected chi connectivity index (χ0v) is 8.49. The molecule has 0 aliphatic heterocycles. The van der Waals surface area contributed by atoms with Crippen LogP contribution in [0, 0.1) is 0 Å². The Balaban J connectivity index is 3.87. The standard InChI is InChI=1S/C9H21NO2/c1-7(11)5-9(10(3)4)6-8(2)12/h7-9,11-12H,5-6H2,1-4H3. The van der Waals surface area contributed by atoms with E-state index in [1.54, 1.807) is 13.8 Å². The second kappa shape index (κ2) is 5.51. The van der Waals surface area contributed by atoms with Crippen LogP contribution in [0.15, 0.2) is 0 Å². The fourth-order valence-electron chi connectivity index (χ4n) is 1.31. The maximum absolute atomic E-state index is 9.18. The van der Waals surface area contributed by atoms with Crippen LogP contribution in [-0.4, -0.2) is 47.5 Å². The molecule has 0 aromatic rings. The lowest BCUT2D eigenvalue weighted by Gasteiger charge is -2.26. The van der Waals surface area contributed by atoms with Crippen molar-refractivity contribution in [3.05, 3.63) is 0 Å². The molecule has 0 spiro atoms. The van der Waals surface area contributed by atoms with E-state index in [1.807, 2.05) is 19.0 Å². The van der Waals surface area contributed by atoms with Gasteiger partial charge >= 0.3 is 0 Å². The number of hydrogen-bond acceptors (Lipinski definition) is 3. The lowest BCUT2D eigenvalue weighted by Crippen LogP contribution is -2.33. The van der Waals surface area contributed by atoms with Crippen molar-refractivity contribution in [1.82, 2.24) is 4.90 Å². The Morgan fingerprint density at radius 1 is 1.00 bits per heavy atom. The minimum Gasteiger partial charge on any atom is -0.393 e. The third-order valence-electron chi connectivity index (χ3n) is 1.96. The highest BCUT2D eigenvalue weighted by molar-refractivity contribution is 4.71. The van der Waals surface area contributed by atoms with Gasteiger partial charge in [-0.15, -0.1) is 0 Å². The molecule has 0 saturated heterocycles. The molecule has 0 aromatic heterocycles. The first kappa shape index (κ1) is 11.9. The summed E-state index contributed by atoms with van der Waals surface area (Å²) in [6.45, 7) is 3.55. The largest absolute Gasteiger partial charge is 0.393 e. The molecule has 3 nitrogen and oxygen atoms in total. The van der Waals surface area contributed by atoms with E-state index in [1.165, 1.54) is 0 Å². The van der Waals surface area contributed by atoms with Gasteiger partial charge in [-0.25, -0.2) is 0 Å². The smallest absolute Gasteiger partial charge is 0.0527 e. The van der Waals surface area contributed by atoms with E-state index in [4.69, 9.17) is 0 Å². The first-order valence-electron chi connectivity index (χ1n) is 4.46. The molecular weight excluding hydrogens is 154 g/mol. The predicted octanol–water partition coefficient (Wildman–Crippen LogP) is 0.458. The highest BCUT2D eigenvalue weighted by atomic mass is 16.3. The molecule has 0 rings (SSSR count). The molecule has 12 heavy (non-hydrogen) atoms. The Morgan fingerprint density at radius 3 is 1.50 bits per heavy atom. The van der Waals surface area contributed by atoms with Crippen molar-refractivity contribution < 1.29 is 10.2 Å². The zero-order chi connectivity index (χ0) is 9.72. The molecule has 0 heterocycles. The normalized spacial score (nSPS) is 19.2. The van der Waals surface area contributed by atoms with Crippen LogP contribution in [0.1, 0.15) is 26.7 Å². The number of rotatable bonds is 5. The molecule has 3 heteroatoms. The lowest BCUT2D eigenvalue weighted by atomic mass is 10.0. The van der Waals surface area contributed by atoms with Crippen molar-refractivity contribution in [2.24, 2.45) is 0 Å². The first-order valence-corrected chi connectivity index (χ1v) is 4.46. The molecule has 0 saturated carbocycles. The third kappa shape index (κ3) is 5.52. The van der Waals surface area contributed by atoms with Gasteiger partial charge in [0.25, 0.3) is 0 Å².